The van der Waals surface area contributed by atoms with Gasteiger partial charge in [0.25, 0.3) is 5.91 Å². The lowest BCUT2D eigenvalue weighted by molar-refractivity contribution is -0.115. The zero-order valence-electron chi connectivity index (χ0n) is 19.7. The van der Waals surface area contributed by atoms with Crippen LogP contribution in [0.2, 0.25) is 0 Å². The fourth-order valence-corrected chi connectivity index (χ4v) is 4.58. The topological polar surface area (TPSA) is 80.1 Å². The van der Waals surface area contributed by atoms with E-state index in [0.717, 1.165) is 37.1 Å². The molecule has 1 fully saturated rings. The zero-order valence-corrected chi connectivity index (χ0v) is 19.7. The van der Waals surface area contributed by atoms with Gasteiger partial charge in [0.15, 0.2) is 0 Å². The molecule has 182 valence electrons. The lowest BCUT2D eigenvalue weighted by Gasteiger charge is -2.36. The minimum absolute atomic E-state index is 0.000805. The SMILES string of the molecule is O=C(Cc1cccc(F)c1)Nc1cnn(-c2ccc(C(=O)N3CCCCC3c3cccnc3)cc2)c1. The van der Waals surface area contributed by atoms with Gasteiger partial charge in [0, 0.05) is 24.5 Å². The Morgan fingerprint density at radius 1 is 1.03 bits per heavy atom. The van der Waals surface area contributed by atoms with Crippen molar-refractivity contribution in [1.29, 1.82) is 0 Å². The molecule has 8 heteroatoms. The molecule has 2 amide bonds. The Bertz CT molecular complexity index is 1350. The Balaban J connectivity index is 1.25. The highest BCUT2D eigenvalue weighted by Crippen LogP contribution is 2.31. The van der Waals surface area contributed by atoms with Crippen molar-refractivity contribution in [2.75, 3.05) is 11.9 Å². The summed E-state index contributed by atoms with van der Waals surface area (Å²) in [4.78, 5) is 31.8. The van der Waals surface area contributed by atoms with Gasteiger partial charge >= 0.3 is 0 Å². The van der Waals surface area contributed by atoms with E-state index in [2.05, 4.69) is 15.4 Å². The zero-order chi connectivity index (χ0) is 24.9. The molecular weight excluding hydrogens is 457 g/mol. The highest BCUT2D eigenvalue weighted by molar-refractivity contribution is 5.95. The summed E-state index contributed by atoms with van der Waals surface area (Å²) in [5.41, 5.74) is 3.57. The molecule has 5 rings (SSSR count). The number of aromatic nitrogens is 3. The van der Waals surface area contributed by atoms with Crippen molar-refractivity contribution in [1.82, 2.24) is 19.7 Å². The molecule has 2 aromatic heterocycles. The van der Waals surface area contributed by atoms with Gasteiger partial charge in [-0.1, -0.05) is 18.2 Å². The summed E-state index contributed by atoms with van der Waals surface area (Å²) < 4.78 is 15.0. The number of nitrogens with one attached hydrogen (secondary N) is 1. The van der Waals surface area contributed by atoms with Crippen LogP contribution < -0.4 is 5.32 Å². The molecule has 0 radical (unpaired) electrons. The van der Waals surface area contributed by atoms with Crippen LogP contribution >= 0.6 is 0 Å². The Morgan fingerprint density at radius 3 is 2.67 bits per heavy atom. The molecule has 1 aliphatic rings. The molecule has 1 atom stereocenters. The van der Waals surface area contributed by atoms with Gasteiger partial charge in [-0.25, -0.2) is 9.07 Å². The lowest BCUT2D eigenvalue weighted by Crippen LogP contribution is -2.38. The quantitative estimate of drug-likeness (QED) is 0.421. The van der Waals surface area contributed by atoms with Gasteiger partial charge in [0.05, 0.1) is 36.2 Å². The van der Waals surface area contributed by atoms with Crippen molar-refractivity contribution in [3.63, 3.8) is 0 Å². The maximum Gasteiger partial charge on any atom is 0.254 e. The summed E-state index contributed by atoms with van der Waals surface area (Å²) in [6, 6.07) is 17.2. The number of likely N-dealkylation sites (tertiary alicyclic amines) is 1. The molecule has 0 saturated carbocycles. The Hall–Kier alpha value is -4.33. The Kier molecular flexibility index (Phi) is 6.84. The summed E-state index contributed by atoms with van der Waals surface area (Å²) in [5.74, 6) is -0.630. The van der Waals surface area contributed by atoms with Crippen molar-refractivity contribution in [3.8, 4) is 5.69 Å². The summed E-state index contributed by atoms with van der Waals surface area (Å²) in [7, 11) is 0. The first-order valence-corrected chi connectivity index (χ1v) is 12.0. The predicted octanol–water partition coefficient (Wildman–Crippen LogP) is 4.96. The second kappa shape index (κ2) is 10.5. The van der Waals surface area contributed by atoms with Crippen LogP contribution in [0.15, 0.2) is 85.5 Å². The van der Waals surface area contributed by atoms with Gasteiger partial charge in [-0.05, 0) is 72.9 Å². The molecule has 0 aliphatic carbocycles. The average Bonchev–Trinajstić information content (AvgIpc) is 3.37. The standard InChI is InChI=1S/C28H26FN5O2/c29-23-7-3-5-20(15-23)16-27(35)32-24-18-31-34(19-24)25-11-9-21(10-12-25)28(36)33-14-2-1-8-26(33)22-6-4-13-30-17-22/h3-7,9-13,15,17-19,26H,1-2,8,14,16H2,(H,32,35). The second-order valence-electron chi connectivity index (χ2n) is 8.87. The first-order valence-electron chi connectivity index (χ1n) is 12.0. The number of hydrogen-bond donors (Lipinski definition) is 1. The largest absolute Gasteiger partial charge is 0.332 e. The van der Waals surface area contributed by atoms with Crippen molar-refractivity contribution in [3.05, 3.63) is 108 Å². The highest BCUT2D eigenvalue weighted by atomic mass is 19.1. The molecule has 7 nitrogen and oxygen atoms in total. The number of halogens is 1. The van der Waals surface area contributed by atoms with E-state index < -0.39 is 0 Å². The highest BCUT2D eigenvalue weighted by Gasteiger charge is 2.28. The number of piperidine rings is 1. The molecule has 3 heterocycles. The molecule has 0 spiro atoms. The van der Waals surface area contributed by atoms with Gasteiger partial charge in [-0.2, -0.15) is 5.10 Å². The number of pyridine rings is 1. The molecule has 36 heavy (non-hydrogen) atoms. The van der Waals surface area contributed by atoms with E-state index in [1.165, 1.54) is 12.1 Å². The second-order valence-corrected chi connectivity index (χ2v) is 8.87. The van der Waals surface area contributed by atoms with Crippen LogP contribution in [-0.2, 0) is 11.2 Å². The third kappa shape index (κ3) is 5.33. The number of hydrogen-bond acceptors (Lipinski definition) is 4. The third-order valence-electron chi connectivity index (χ3n) is 6.33. The van der Waals surface area contributed by atoms with Crippen LogP contribution in [-0.4, -0.2) is 38.0 Å². The average molecular weight is 484 g/mol. The molecule has 0 bridgehead atoms. The number of carbonyl (C=O) groups excluding carboxylic acids is 2. The Morgan fingerprint density at radius 2 is 1.89 bits per heavy atom. The molecule has 1 saturated heterocycles. The van der Waals surface area contributed by atoms with Gasteiger partial charge in [0.2, 0.25) is 5.91 Å². The van der Waals surface area contributed by atoms with Gasteiger partial charge in [-0.15, -0.1) is 0 Å². The lowest BCUT2D eigenvalue weighted by atomic mass is 9.95. The van der Waals surface area contributed by atoms with Gasteiger partial charge in [-0.3, -0.25) is 14.6 Å². The first-order chi connectivity index (χ1) is 17.6. The number of benzene rings is 2. The Labute approximate surface area is 208 Å². The van der Waals surface area contributed by atoms with E-state index in [1.807, 2.05) is 35.4 Å². The molecule has 1 N–H and O–H groups in total. The van der Waals surface area contributed by atoms with Crippen LogP contribution in [0.25, 0.3) is 5.69 Å². The third-order valence-corrected chi connectivity index (χ3v) is 6.33. The van der Waals surface area contributed by atoms with Gasteiger partial charge in [0.1, 0.15) is 5.82 Å². The van der Waals surface area contributed by atoms with Crippen molar-refractivity contribution in [2.24, 2.45) is 0 Å². The number of rotatable bonds is 6. The fourth-order valence-electron chi connectivity index (χ4n) is 4.58. The van der Waals surface area contributed by atoms with E-state index in [1.54, 1.807) is 47.5 Å². The van der Waals surface area contributed by atoms with Crippen LogP contribution in [0.1, 0.15) is 46.8 Å². The maximum absolute atomic E-state index is 13.3. The first kappa shape index (κ1) is 23.4. The van der Waals surface area contributed by atoms with E-state index in [4.69, 9.17) is 0 Å². The molecule has 1 unspecified atom stereocenters. The van der Waals surface area contributed by atoms with Crippen LogP contribution in [0.4, 0.5) is 10.1 Å². The molecule has 2 aromatic carbocycles. The normalized spacial score (nSPS) is 15.5. The van der Waals surface area contributed by atoms with E-state index in [0.29, 0.717) is 16.8 Å². The van der Waals surface area contributed by atoms with E-state index in [9.17, 15) is 14.0 Å². The number of amides is 2. The number of nitrogens with zero attached hydrogens (tertiary/aromatic N) is 4. The van der Waals surface area contributed by atoms with Crippen LogP contribution in [0.3, 0.4) is 0 Å². The maximum atomic E-state index is 13.3. The van der Waals surface area contributed by atoms with Crippen LogP contribution in [0, 0.1) is 5.82 Å². The van der Waals surface area contributed by atoms with Crippen LogP contribution in [0.5, 0.6) is 0 Å². The van der Waals surface area contributed by atoms with Crippen molar-refractivity contribution in [2.45, 2.75) is 31.7 Å². The van der Waals surface area contributed by atoms with Crippen molar-refractivity contribution >= 4 is 17.5 Å². The summed E-state index contributed by atoms with van der Waals surface area (Å²) in [6.07, 6.45) is 9.90. The summed E-state index contributed by atoms with van der Waals surface area (Å²) >= 11 is 0. The van der Waals surface area contributed by atoms with Gasteiger partial charge < -0.3 is 10.2 Å². The molecular formula is C28H26FN5O2. The number of carbonyl (C=O) groups is 2. The molecule has 1 aliphatic heterocycles. The monoisotopic (exact) mass is 483 g/mol. The van der Waals surface area contributed by atoms with E-state index >= 15 is 0 Å². The minimum atomic E-state index is -0.372. The smallest absolute Gasteiger partial charge is 0.254 e. The summed E-state index contributed by atoms with van der Waals surface area (Å²) in [5, 5.41) is 7.10. The predicted molar refractivity (Wildman–Crippen MR) is 134 cm³/mol. The fraction of sp³-hybridized carbons (Fsp3) is 0.214. The number of anilines is 1. The summed E-state index contributed by atoms with van der Waals surface area (Å²) in [6.45, 7) is 0.720. The minimum Gasteiger partial charge on any atom is -0.332 e. The van der Waals surface area contributed by atoms with Crippen molar-refractivity contribution < 1.29 is 14.0 Å². The molecule has 4 aromatic rings. The van der Waals surface area contributed by atoms with E-state index in [-0.39, 0.29) is 30.1 Å².